The summed E-state index contributed by atoms with van der Waals surface area (Å²) in [7, 11) is 0. The van der Waals surface area contributed by atoms with E-state index >= 15 is 0 Å². The predicted molar refractivity (Wildman–Crippen MR) is 109 cm³/mol. The minimum absolute atomic E-state index is 0.274. The van der Waals surface area contributed by atoms with Crippen molar-refractivity contribution in [3.63, 3.8) is 0 Å². The standard InChI is InChI=1S/C20H21N3OS2/c1-2-16(18(21)24)26-20-17-15(10-25-19(17)22-11-23-20)14-8-7-12-5-3-4-6-13(12)9-14/h7-11,16H,2-6H2,1H3,(H2,21,24). The minimum Gasteiger partial charge on any atom is -0.369 e. The van der Waals surface area contributed by atoms with Crippen molar-refractivity contribution in [3.8, 4) is 11.1 Å². The van der Waals surface area contributed by atoms with Crippen LogP contribution < -0.4 is 5.73 Å². The number of fused-ring (bicyclic) bond motifs is 2. The lowest BCUT2D eigenvalue weighted by atomic mass is 9.89. The molecule has 1 aliphatic rings. The molecule has 6 heteroatoms. The van der Waals surface area contributed by atoms with Gasteiger partial charge in [-0.2, -0.15) is 0 Å². The number of amides is 1. The third kappa shape index (κ3) is 3.23. The Hall–Kier alpha value is -1.92. The van der Waals surface area contributed by atoms with Crippen LogP contribution in [0.2, 0.25) is 0 Å². The third-order valence-corrected chi connectivity index (χ3v) is 7.21. The summed E-state index contributed by atoms with van der Waals surface area (Å²) in [5.41, 5.74) is 10.8. The molecule has 3 aromatic rings. The molecule has 1 amide bonds. The molecule has 0 saturated heterocycles. The number of carbonyl (C=O) groups excluding carboxylic acids is 1. The van der Waals surface area contributed by atoms with Crippen molar-refractivity contribution in [3.05, 3.63) is 41.0 Å². The molecular weight excluding hydrogens is 362 g/mol. The van der Waals surface area contributed by atoms with Gasteiger partial charge in [0, 0.05) is 10.9 Å². The first-order valence-electron chi connectivity index (χ1n) is 8.97. The van der Waals surface area contributed by atoms with Crippen molar-refractivity contribution < 1.29 is 4.79 Å². The average molecular weight is 384 g/mol. The maximum atomic E-state index is 11.7. The largest absolute Gasteiger partial charge is 0.369 e. The Morgan fingerprint density at radius 3 is 2.85 bits per heavy atom. The molecule has 2 heterocycles. The Bertz CT molecular complexity index is 967. The second kappa shape index (κ2) is 7.37. The number of nitrogens with two attached hydrogens (primary N) is 1. The molecule has 0 spiro atoms. The molecule has 26 heavy (non-hydrogen) atoms. The summed E-state index contributed by atoms with van der Waals surface area (Å²) in [4.78, 5) is 21.5. The van der Waals surface area contributed by atoms with E-state index in [1.165, 1.54) is 47.7 Å². The van der Waals surface area contributed by atoms with Gasteiger partial charge in [0.05, 0.1) is 10.6 Å². The Labute approximate surface area is 161 Å². The number of nitrogens with zero attached hydrogens (tertiary/aromatic N) is 2. The van der Waals surface area contributed by atoms with Crippen LogP contribution in [0.4, 0.5) is 0 Å². The van der Waals surface area contributed by atoms with Gasteiger partial charge >= 0.3 is 0 Å². The average Bonchev–Trinajstić information content (AvgIpc) is 3.10. The highest BCUT2D eigenvalue weighted by Crippen LogP contribution is 2.40. The van der Waals surface area contributed by atoms with Crippen LogP contribution >= 0.6 is 23.1 Å². The zero-order valence-corrected chi connectivity index (χ0v) is 16.3. The van der Waals surface area contributed by atoms with Crippen LogP contribution in [0.5, 0.6) is 0 Å². The van der Waals surface area contributed by atoms with E-state index in [2.05, 4.69) is 33.5 Å². The van der Waals surface area contributed by atoms with Gasteiger partial charge in [-0.3, -0.25) is 4.79 Å². The molecule has 0 saturated carbocycles. The van der Waals surface area contributed by atoms with E-state index in [1.807, 2.05) is 6.92 Å². The molecular formula is C20H21N3OS2. The zero-order chi connectivity index (χ0) is 18.1. The van der Waals surface area contributed by atoms with Crippen LogP contribution in [0.1, 0.15) is 37.3 Å². The van der Waals surface area contributed by atoms with Gasteiger partial charge in [0.15, 0.2) is 0 Å². The van der Waals surface area contributed by atoms with Gasteiger partial charge in [-0.1, -0.05) is 36.9 Å². The minimum atomic E-state index is -0.296. The Kier molecular flexibility index (Phi) is 4.96. The van der Waals surface area contributed by atoms with Crippen molar-refractivity contribution in [2.24, 2.45) is 5.73 Å². The molecule has 1 unspecified atom stereocenters. The van der Waals surface area contributed by atoms with Crippen LogP contribution in [0.3, 0.4) is 0 Å². The summed E-state index contributed by atoms with van der Waals surface area (Å²) in [6.45, 7) is 1.97. The molecule has 2 N–H and O–H groups in total. The number of hydrogen-bond donors (Lipinski definition) is 1. The molecule has 134 valence electrons. The Balaban J connectivity index is 1.80. The van der Waals surface area contributed by atoms with Crippen molar-refractivity contribution >= 4 is 39.2 Å². The normalized spacial score (nSPS) is 15.0. The SMILES string of the molecule is CCC(Sc1ncnc2scc(-c3ccc4c(c3)CCCC4)c12)C(N)=O. The van der Waals surface area contributed by atoms with Crippen LogP contribution in [0.15, 0.2) is 34.9 Å². The predicted octanol–water partition coefficient (Wildman–Crippen LogP) is 4.59. The number of aryl methyl sites for hydroxylation is 2. The fourth-order valence-electron chi connectivity index (χ4n) is 3.53. The van der Waals surface area contributed by atoms with Gasteiger partial charge in [0.25, 0.3) is 0 Å². The summed E-state index contributed by atoms with van der Waals surface area (Å²) < 4.78 is 0. The number of hydrogen-bond acceptors (Lipinski definition) is 5. The van der Waals surface area contributed by atoms with Crippen molar-refractivity contribution in [2.45, 2.75) is 49.3 Å². The Morgan fingerprint density at radius 1 is 1.27 bits per heavy atom. The topological polar surface area (TPSA) is 68.9 Å². The molecule has 0 fully saturated rings. The lowest BCUT2D eigenvalue weighted by Crippen LogP contribution is -2.24. The van der Waals surface area contributed by atoms with E-state index in [0.717, 1.165) is 27.2 Å². The first-order chi connectivity index (χ1) is 12.7. The van der Waals surface area contributed by atoms with Gasteiger partial charge in [-0.25, -0.2) is 9.97 Å². The first-order valence-corrected chi connectivity index (χ1v) is 10.7. The van der Waals surface area contributed by atoms with E-state index in [9.17, 15) is 4.79 Å². The number of rotatable bonds is 5. The summed E-state index contributed by atoms with van der Waals surface area (Å²) in [6, 6.07) is 6.80. The summed E-state index contributed by atoms with van der Waals surface area (Å²) in [6.07, 6.45) is 7.15. The van der Waals surface area contributed by atoms with Crippen LogP contribution in [-0.4, -0.2) is 21.1 Å². The smallest absolute Gasteiger partial charge is 0.230 e. The monoisotopic (exact) mass is 383 g/mol. The van der Waals surface area contributed by atoms with Gasteiger partial charge < -0.3 is 5.73 Å². The molecule has 1 atom stereocenters. The van der Waals surface area contributed by atoms with E-state index < -0.39 is 0 Å². The molecule has 0 radical (unpaired) electrons. The highest BCUT2D eigenvalue weighted by atomic mass is 32.2. The van der Waals surface area contributed by atoms with Crippen LogP contribution in [0, 0.1) is 0 Å². The Morgan fingerprint density at radius 2 is 2.08 bits per heavy atom. The van der Waals surface area contributed by atoms with Gasteiger partial charge in [0.2, 0.25) is 5.91 Å². The van der Waals surface area contributed by atoms with Gasteiger partial charge in [-0.05, 0) is 48.8 Å². The zero-order valence-electron chi connectivity index (χ0n) is 14.7. The lowest BCUT2D eigenvalue weighted by Gasteiger charge is -2.17. The maximum absolute atomic E-state index is 11.7. The lowest BCUT2D eigenvalue weighted by molar-refractivity contribution is -0.117. The van der Waals surface area contributed by atoms with E-state index in [0.29, 0.717) is 6.42 Å². The number of thiophene rings is 1. The molecule has 0 aliphatic heterocycles. The quantitative estimate of drug-likeness (QED) is 0.517. The second-order valence-electron chi connectivity index (χ2n) is 6.62. The van der Waals surface area contributed by atoms with Gasteiger partial charge in [-0.15, -0.1) is 11.3 Å². The summed E-state index contributed by atoms with van der Waals surface area (Å²) >= 11 is 3.07. The van der Waals surface area contributed by atoms with Crippen molar-refractivity contribution in [2.75, 3.05) is 0 Å². The highest BCUT2D eigenvalue weighted by molar-refractivity contribution is 8.00. The highest BCUT2D eigenvalue weighted by Gasteiger charge is 2.20. The van der Waals surface area contributed by atoms with E-state index in [-0.39, 0.29) is 11.2 Å². The molecule has 4 nitrogen and oxygen atoms in total. The number of primary amides is 1. The molecule has 4 rings (SSSR count). The molecule has 0 bridgehead atoms. The van der Waals surface area contributed by atoms with Crippen LogP contribution in [-0.2, 0) is 17.6 Å². The van der Waals surface area contributed by atoms with Gasteiger partial charge in [0.1, 0.15) is 16.2 Å². The maximum Gasteiger partial charge on any atom is 0.230 e. The van der Waals surface area contributed by atoms with Crippen molar-refractivity contribution in [1.82, 2.24) is 9.97 Å². The molecule has 1 aliphatic carbocycles. The number of aromatic nitrogens is 2. The van der Waals surface area contributed by atoms with E-state index in [4.69, 9.17) is 5.73 Å². The summed E-state index contributed by atoms with van der Waals surface area (Å²) in [5, 5.41) is 3.76. The first kappa shape index (κ1) is 17.5. The third-order valence-electron chi connectivity index (χ3n) is 4.94. The molecule has 2 aromatic heterocycles. The van der Waals surface area contributed by atoms with E-state index in [1.54, 1.807) is 17.7 Å². The number of benzene rings is 1. The summed E-state index contributed by atoms with van der Waals surface area (Å²) in [5.74, 6) is -0.296. The fourth-order valence-corrected chi connectivity index (χ4v) is 5.49. The van der Waals surface area contributed by atoms with Crippen LogP contribution in [0.25, 0.3) is 21.3 Å². The van der Waals surface area contributed by atoms with Crippen molar-refractivity contribution in [1.29, 1.82) is 0 Å². The fraction of sp³-hybridized carbons (Fsp3) is 0.350. The second-order valence-corrected chi connectivity index (χ2v) is 8.67. The number of carbonyl (C=O) groups is 1. The number of thioether (sulfide) groups is 1. The molecule has 1 aromatic carbocycles.